The van der Waals surface area contributed by atoms with Gasteiger partial charge in [0.25, 0.3) is 5.56 Å². The molecule has 31 heavy (non-hydrogen) atoms. The second-order valence-corrected chi connectivity index (χ2v) is 6.64. The summed E-state index contributed by atoms with van der Waals surface area (Å²) in [5.41, 5.74) is -0.942. The van der Waals surface area contributed by atoms with Crippen LogP contribution in [0.4, 0.5) is 13.2 Å². The van der Waals surface area contributed by atoms with Crippen molar-refractivity contribution in [2.45, 2.75) is 6.18 Å². The quantitative estimate of drug-likeness (QED) is 0.477. The van der Waals surface area contributed by atoms with Crippen molar-refractivity contribution in [2.24, 2.45) is 5.10 Å². The fraction of sp³-hybridized carbons (Fsp3) is 0.0455. The smallest absolute Gasteiger partial charge is 0.416 e. The zero-order valence-corrected chi connectivity index (χ0v) is 15.7. The van der Waals surface area contributed by atoms with Crippen LogP contribution in [-0.4, -0.2) is 26.1 Å². The molecule has 0 amide bonds. The standard InChI is InChI=1S/C22H14F3N3O3/c23-22(24,25)15-5-3-4-13(10-15)20-27-18-7-2-1-6-17(18)21(31)28(20)26-12-14-8-9-16(29)11-19(14)30/h1-12,29-30H. The molecule has 2 N–H and O–H groups in total. The Balaban J connectivity index is 1.95. The van der Waals surface area contributed by atoms with Crippen LogP contribution in [0.1, 0.15) is 11.1 Å². The zero-order valence-electron chi connectivity index (χ0n) is 15.7. The van der Waals surface area contributed by atoms with Crippen LogP contribution >= 0.6 is 0 Å². The topological polar surface area (TPSA) is 87.7 Å². The Bertz CT molecular complexity index is 1380. The third kappa shape index (κ3) is 3.97. The SMILES string of the molecule is O=c1c2ccccc2nc(-c2cccc(C(F)(F)F)c2)n1N=Cc1ccc(O)cc1O. The number of hydrogen-bond donors (Lipinski definition) is 2. The van der Waals surface area contributed by atoms with Crippen LogP contribution in [-0.2, 0) is 6.18 Å². The first-order chi connectivity index (χ1) is 14.7. The molecule has 0 aliphatic carbocycles. The number of nitrogens with zero attached hydrogens (tertiary/aromatic N) is 3. The van der Waals surface area contributed by atoms with Crippen molar-refractivity contribution in [2.75, 3.05) is 0 Å². The number of fused-ring (bicyclic) bond motifs is 1. The molecule has 6 nitrogen and oxygen atoms in total. The van der Waals surface area contributed by atoms with Crippen molar-refractivity contribution < 1.29 is 23.4 Å². The van der Waals surface area contributed by atoms with Gasteiger partial charge >= 0.3 is 6.18 Å². The summed E-state index contributed by atoms with van der Waals surface area (Å²) in [5.74, 6) is -0.542. The average Bonchev–Trinajstić information content (AvgIpc) is 2.73. The third-order valence-corrected chi connectivity index (χ3v) is 4.53. The molecule has 0 atom stereocenters. The third-order valence-electron chi connectivity index (χ3n) is 4.53. The van der Waals surface area contributed by atoms with Crippen molar-refractivity contribution in [3.05, 3.63) is 88.2 Å². The van der Waals surface area contributed by atoms with E-state index in [1.165, 1.54) is 30.3 Å². The summed E-state index contributed by atoms with van der Waals surface area (Å²) in [7, 11) is 0. The molecule has 4 aromatic rings. The molecule has 0 saturated carbocycles. The Hall–Kier alpha value is -4.14. The van der Waals surface area contributed by atoms with Gasteiger partial charge in [-0.2, -0.15) is 22.9 Å². The molecule has 0 bridgehead atoms. The Morgan fingerprint density at radius 3 is 2.48 bits per heavy atom. The molecule has 1 heterocycles. The number of para-hydroxylation sites is 1. The van der Waals surface area contributed by atoms with Gasteiger partial charge in [-0.25, -0.2) is 4.98 Å². The van der Waals surface area contributed by atoms with Crippen molar-refractivity contribution in [3.63, 3.8) is 0 Å². The second-order valence-electron chi connectivity index (χ2n) is 6.64. The molecule has 0 aliphatic rings. The zero-order chi connectivity index (χ0) is 22.2. The molecule has 0 fully saturated rings. The normalized spacial score (nSPS) is 12.0. The highest BCUT2D eigenvalue weighted by Gasteiger charge is 2.30. The number of aromatic nitrogens is 2. The molecule has 0 aliphatic heterocycles. The Morgan fingerprint density at radius 1 is 0.968 bits per heavy atom. The van der Waals surface area contributed by atoms with Gasteiger partial charge in [-0.1, -0.05) is 24.3 Å². The summed E-state index contributed by atoms with van der Waals surface area (Å²) in [6, 6.07) is 14.6. The van der Waals surface area contributed by atoms with E-state index in [1.54, 1.807) is 18.2 Å². The Kier molecular flexibility index (Phi) is 4.94. The van der Waals surface area contributed by atoms with Crippen molar-refractivity contribution in [1.82, 2.24) is 9.66 Å². The number of aromatic hydroxyl groups is 2. The first kappa shape index (κ1) is 20.1. The van der Waals surface area contributed by atoms with Gasteiger partial charge in [0.1, 0.15) is 11.5 Å². The minimum Gasteiger partial charge on any atom is -0.508 e. The fourth-order valence-corrected chi connectivity index (χ4v) is 3.01. The molecule has 9 heteroatoms. The Labute approximate surface area is 173 Å². The van der Waals surface area contributed by atoms with Gasteiger partial charge in [0.05, 0.1) is 22.7 Å². The summed E-state index contributed by atoms with van der Waals surface area (Å²) < 4.78 is 40.5. The summed E-state index contributed by atoms with van der Waals surface area (Å²) >= 11 is 0. The molecular weight excluding hydrogens is 411 g/mol. The van der Waals surface area contributed by atoms with Crippen molar-refractivity contribution >= 4 is 17.1 Å². The maximum Gasteiger partial charge on any atom is 0.416 e. The van der Waals surface area contributed by atoms with Crippen LogP contribution in [0.3, 0.4) is 0 Å². The maximum absolute atomic E-state index is 13.2. The fourth-order valence-electron chi connectivity index (χ4n) is 3.01. The number of alkyl halides is 3. The lowest BCUT2D eigenvalue weighted by atomic mass is 10.1. The first-order valence-corrected chi connectivity index (χ1v) is 9.00. The predicted molar refractivity (Wildman–Crippen MR) is 109 cm³/mol. The maximum atomic E-state index is 13.2. The van der Waals surface area contributed by atoms with E-state index >= 15 is 0 Å². The number of benzene rings is 3. The van der Waals surface area contributed by atoms with E-state index in [1.807, 2.05) is 0 Å². The summed E-state index contributed by atoms with van der Waals surface area (Å²) in [4.78, 5) is 17.4. The average molecular weight is 425 g/mol. The number of halogens is 3. The Morgan fingerprint density at radius 2 is 1.74 bits per heavy atom. The van der Waals surface area contributed by atoms with E-state index < -0.39 is 17.3 Å². The van der Waals surface area contributed by atoms with Gasteiger partial charge in [0.15, 0.2) is 5.82 Å². The predicted octanol–water partition coefficient (Wildman–Crippen LogP) is 4.38. The van der Waals surface area contributed by atoms with Crippen molar-refractivity contribution in [1.29, 1.82) is 0 Å². The van der Waals surface area contributed by atoms with E-state index in [4.69, 9.17) is 0 Å². The lowest BCUT2D eigenvalue weighted by Crippen LogP contribution is -2.20. The minimum absolute atomic E-state index is 0.0461. The van der Waals surface area contributed by atoms with E-state index in [0.717, 1.165) is 29.1 Å². The number of rotatable bonds is 3. The number of hydrogen-bond acceptors (Lipinski definition) is 5. The van der Waals surface area contributed by atoms with Gasteiger partial charge in [-0.3, -0.25) is 4.79 Å². The first-order valence-electron chi connectivity index (χ1n) is 9.00. The second kappa shape index (κ2) is 7.60. The van der Waals surface area contributed by atoms with Crippen molar-refractivity contribution in [3.8, 4) is 22.9 Å². The largest absolute Gasteiger partial charge is 0.508 e. The summed E-state index contributed by atoms with van der Waals surface area (Å²) in [5, 5.41) is 23.7. The summed E-state index contributed by atoms with van der Waals surface area (Å²) in [6.45, 7) is 0. The van der Waals surface area contributed by atoms with Crippen LogP contribution < -0.4 is 5.56 Å². The van der Waals surface area contributed by atoms with Gasteiger partial charge in [-0.15, -0.1) is 0 Å². The highest BCUT2D eigenvalue weighted by molar-refractivity contribution is 5.84. The lowest BCUT2D eigenvalue weighted by Gasteiger charge is -2.12. The van der Waals surface area contributed by atoms with Crippen LogP contribution in [0.5, 0.6) is 11.5 Å². The van der Waals surface area contributed by atoms with Crippen LogP contribution in [0, 0.1) is 0 Å². The van der Waals surface area contributed by atoms with E-state index in [-0.39, 0.29) is 33.8 Å². The lowest BCUT2D eigenvalue weighted by molar-refractivity contribution is -0.137. The van der Waals surface area contributed by atoms with Gasteiger partial charge < -0.3 is 10.2 Å². The van der Waals surface area contributed by atoms with E-state index in [0.29, 0.717) is 5.52 Å². The molecule has 4 rings (SSSR count). The minimum atomic E-state index is -4.57. The van der Waals surface area contributed by atoms with Gasteiger partial charge in [0.2, 0.25) is 0 Å². The molecular formula is C22H14F3N3O3. The monoisotopic (exact) mass is 425 g/mol. The number of phenolic OH excluding ortho intramolecular Hbond substituents is 2. The molecule has 0 radical (unpaired) electrons. The van der Waals surface area contributed by atoms with Crippen LogP contribution in [0.25, 0.3) is 22.3 Å². The molecule has 0 unspecified atom stereocenters. The highest BCUT2D eigenvalue weighted by Crippen LogP contribution is 2.32. The van der Waals surface area contributed by atoms with Crippen LogP contribution in [0.2, 0.25) is 0 Å². The summed E-state index contributed by atoms with van der Waals surface area (Å²) in [6.07, 6.45) is -3.41. The van der Waals surface area contributed by atoms with Gasteiger partial charge in [-0.05, 0) is 36.4 Å². The molecule has 3 aromatic carbocycles. The van der Waals surface area contributed by atoms with E-state index in [2.05, 4.69) is 10.1 Å². The van der Waals surface area contributed by atoms with Crippen LogP contribution in [0.15, 0.2) is 76.6 Å². The molecule has 156 valence electrons. The molecule has 1 aromatic heterocycles. The molecule has 0 saturated heterocycles. The number of phenols is 2. The highest BCUT2D eigenvalue weighted by atomic mass is 19.4. The van der Waals surface area contributed by atoms with Gasteiger partial charge in [0, 0.05) is 17.2 Å². The molecule has 0 spiro atoms. The van der Waals surface area contributed by atoms with E-state index in [9.17, 15) is 28.2 Å².